The summed E-state index contributed by atoms with van der Waals surface area (Å²) in [4.78, 5) is 0. The highest BCUT2D eigenvalue weighted by molar-refractivity contribution is 7.17. The molecule has 1 nitrogen and oxygen atoms in total. The second-order valence-corrected chi connectivity index (χ2v) is 11.4. The highest BCUT2D eigenvalue weighted by atomic mass is 32.1. The predicted octanol–water partition coefficient (Wildman–Crippen LogP) is 11.6. The quantitative estimate of drug-likeness (QED) is 0.204. The molecule has 2 aromatic heterocycles. The Labute approximate surface area is 234 Å². The van der Waals surface area contributed by atoms with Crippen LogP contribution in [-0.2, 0) is 0 Å². The van der Waals surface area contributed by atoms with Crippen molar-refractivity contribution in [2.45, 2.75) is 0 Å². The zero-order chi connectivity index (χ0) is 26.2. The van der Waals surface area contributed by atoms with Crippen molar-refractivity contribution in [2.75, 3.05) is 0 Å². The summed E-state index contributed by atoms with van der Waals surface area (Å²) >= 11 is 1.77. The Morgan fingerprint density at radius 1 is 0.425 bits per heavy atom. The molecule has 9 rings (SSSR count). The monoisotopic (exact) mass is 526 g/mol. The van der Waals surface area contributed by atoms with Gasteiger partial charge < -0.3 is 4.42 Å². The van der Waals surface area contributed by atoms with Gasteiger partial charge in [0.2, 0.25) is 0 Å². The minimum atomic E-state index is 0.928. The van der Waals surface area contributed by atoms with Crippen LogP contribution in [0.3, 0.4) is 0 Å². The first-order valence-electron chi connectivity index (χ1n) is 13.6. The van der Waals surface area contributed by atoms with Crippen molar-refractivity contribution in [3.8, 4) is 22.3 Å². The molecular formula is C38H22OS. The molecule has 0 radical (unpaired) electrons. The van der Waals surface area contributed by atoms with E-state index in [9.17, 15) is 0 Å². The molecule has 0 atom stereocenters. The van der Waals surface area contributed by atoms with Crippen LogP contribution in [0.15, 0.2) is 137 Å². The van der Waals surface area contributed by atoms with E-state index in [0.717, 1.165) is 16.6 Å². The lowest BCUT2D eigenvalue weighted by Gasteiger charge is -2.19. The summed E-state index contributed by atoms with van der Waals surface area (Å²) in [6.45, 7) is 0. The Morgan fingerprint density at radius 3 is 1.77 bits per heavy atom. The topological polar surface area (TPSA) is 13.1 Å². The maximum atomic E-state index is 6.46. The average molecular weight is 527 g/mol. The lowest BCUT2D eigenvalue weighted by Crippen LogP contribution is -1.92. The van der Waals surface area contributed by atoms with Crippen molar-refractivity contribution in [3.05, 3.63) is 133 Å². The minimum Gasteiger partial charge on any atom is -0.456 e. The van der Waals surface area contributed by atoms with Crippen molar-refractivity contribution >= 4 is 75.7 Å². The van der Waals surface area contributed by atoms with E-state index in [1.54, 1.807) is 11.3 Å². The SMILES string of the molecule is c1ccc2c(-c3c4ccccc4c(-c4c5ccsc5cc5oc6ccccc6c45)c4ccccc34)cccc2c1. The molecule has 0 aliphatic carbocycles. The molecule has 0 saturated carbocycles. The molecule has 40 heavy (non-hydrogen) atoms. The fraction of sp³-hybridized carbons (Fsp3) is 0. The molecule has 7 aromatic carbocycles. The smallest absolute Gasteiger partial charge is 0.137 e. The van der Waals surface area contributed by atoms with Gasteiger partial charge in [0.05, 0.1) is 0 Å². The second kappa shape index (κ2) is 8.29. The van der Waals surface area contributed by atoms with Gasteiger partial charge in [-0.15, -0.1) is 11.3 Å². The maximum absolute atomic E-state index is 6.46. The zero-order valence-corrected chi connectivity index (χ0v) is 22.3. The number of furan rings is 1. The lowest BCUT2D eigenvalue weighted by atomic mass is 9.83. The van der Waals surface area contributed by atoms with Crippen molar-refractivity contribution in [1.82, 2.24) is 0 Å². The third-order valence-corrected chi connectivity index (χ3v) is 9.20. The number of rotatable bonds is 2. The maximum Gasteiger partial charge on any atom is 0.137 e. The largest absolute Gasteiger partial charge is 0.456 e. The first kappa shape index (κ1) is 22.0. The normalized spacial score (nSPS) is 12.0. The van der Waals surface area contributed by atoms with Crippen molar-refractivity contribution < 1.29 is 4.42 Å². The highest BCUT2D eigenvalue weighted by Crippen LogP contribution is 2.50. The third kappa shape index (κ3) is 2.97. The van der Waals surface area contributed by atoms with Gasteiger partial charge in [0, 0.05) is 26.4 Å². The van der Waals surface area contributed by atoms with Gasteiger partial charge in [0.15, 0.2) is 0 Å². The third-order valence-electron chi connectivity index (χ3n) is 8.34. The molecule has 0 amide bonds. The van der Waals surface area contributed by atoms with Crippen molar-refractivity contribution in [3.63, 3.8) is 0 Å². The van der Waals surface area contributed by atoms with Gasteiger partial charge in [-0.05, 0) is 72.6 Å². The Bertz CT molecular complexity index is 2380. The van der Waals surface area contributed by atoms with Crippen LogP contribution in [0.1, 0.15) is 0 Å². The number of hydrogen-bond acceptors (Lipinski definition) is 2. The molecule has 0 N–H and O–H groups in total. The van der Waals surface area contributed by atoms with Gasteiger partial charge in [-0.3, -0.25) is 0 Å². The van der Waals surface area contributed by atoms with Crippen LogP contribution in [0, 0.1) is 0 Å². The summed E-state index contributed by atoms with van der Waals surface area (Å²) in [5.41, 5.74) is 6.96. The molecule has 2 heteroatoms. The summed E-state index contributed by atoms with van der Waals surface area (Å²) < 4.78 is 7.71. The van der Waals surface area contributed by atoms with Crippen LogP contribution >= 0.6 is 11.3 Å². The van der Waals surface area contributed by atoms with Crippen LogP contribution < -0.4 is 0 Å². The number of thiophene rings is 1. The van der Waals surface area contributed by atoms with Gasteiger partial charge in [-0.25, -0.2) is 0 Å². The van der Waals surface area contributed by atoms with Crippen molar-refractivity contribution in [1.29, 1.82) is 0 Å². The van der Waals surface area contributed by atoms with E-state index < -0.39 is 0 Å². The van der Waals surface area contributed by atoms with Gasteiger partial charge in [0.25, 0.3) is 0 Å². The Balaban J connectivity index is 1.54. The second-order valence-electron chi connectivity index (χ2n) is 10.4. The molecule has 186 valence electrons. The molecule has 0 aliphatic rings. The highest BCUT2D eigenvalue weighted by Gasteiger charge is 2.23. The molecular weight excluding hydrogens is 504 g/mol. The standard InChI is InChI=1S/C38H22OS/c1-2-12-24-23(10-1)11-9-18-25(24)35-26-13-3-5-15-28(26)36(29-16-6-4-14-27(29)35)38-31-20-21-40-34(31)22-33-37(38)30-17-7-8-19-32(30)39-33/h1-22H. The number of benzene rings is 7. The van der Waals surface area contributed by atoms with Crippen LogP contribution in [0.2, 0.25) is 0 Å². The van der Waals surface area contributed by atoms with E-state index in [1.165, 1.54) is 70.0 Å². The van der Waals surface area contributed by atoms with E-state index in [-0.39, 0.29) is 0 Å². The zero-order valence-electron chi connectivity index (χ0n) is 21.5. The summed E-state index contributed by atoms with van der Waals surface area (Å²) in [6.07, 6.45) is 0. The van der Waals surface area contributed by atoms with Crippen LogP contribution in [0.5, 0.6) is 0 Å². The minimum absolute atomic E-state index is 0.928. The van der Waals surface area contributed by atoms with Crippen molar-refractivity contribution in [2.24, 2.45) is 0 Å². The number of fused-ring (bicyclic) bond motifs is 7. The molecule has 2 heterocycles. The molecule has 9 aromatic rings. The first-order chi connectivity index (χ1) is 19.9. The summed E-state index contributed by atoms with van der Waals surface area (Å²) in [5.74, 6) is 0. The fourth-order valence-electron chi connectivity index (χ4n) is 6.71. The Hall–Kier alpha value is -4.92. The Kier molecular flexibility index (Phi) is 4.55. The molecule has 0 spiro atoms. The fourth-order valence-corrected chi connectivity index (χ4v) is 7.53. The van der Waals surface area contributed by atoms with E-state index in [4.69, 9.17) is 4.42 Å². The molecule has 0 bridgehead atoms. The lowest BCUT2D eigenvalue weighted by molar-refractivity contribution is 0.669. The van der Waals surface area contributed by atoms with Gasteiger partial charge in [-0.1, -0.05) is 109 Å². The van der Waals surface area contributed by atoms with E-state index in [0.29, 0.717) is 0 Å². The molecule has 0 unspecified atom stereocenters. The average Bonchev–Trinajstić information content (AvgIpc) is 3.63. The Morgan fingerprint density at radius 2 is 1.02 bits per heavy atom. The number of para-hydroxylation sites is 1. The van der Waals surface area contributed by atoms with Crippen LogP contribution in [0.4, 0.5) is 0 Å². The van der Waals surface area contributed by atoms with Gasteiger partial charge in [-0.2, -0.15) is 0 Å². The van der Waals surface area contributed by atoms with Gasteiger partial charge >= 0.3 is 0 Å². The molecule has 0 saturated heterocycles. The van der Waals surface area contributed by atoms with E-state index in [2.05, 4.69) is 133 Å². The summed E-state index contributed by atoms with van der Waals surface area (Å²) in [7, 11) is 0. The molecule has 0 fully saturated rings. The summed E-state index contributed by atoms with van der Waals surface area (Å²) in [6, 6.07) is 46.2. The van der Waals surface area contributed by atoms with Gasteiger partial charge in [0.1, 0.15) is 11.2 Å². The first-order valence-corrected chi connectivity index (χ1v) is 14.5. The summed E-state index contributed by atoms with van der Waals surface area (Å²) in [5, 5.41) is 13.4. The van der Waals surface area contributed by atoms with Crippen LogP contribution in [0.25, 0.3) is 86.6 Å². The number of hydrogen-bond donors (Lipinski definition) is 0. The predicted molar refractivity (Wildman–Crippen MR) is 172 cm³/mol. The molecule has 0 aliphatic heterocycles. The van der Waals surface area contributed by atoms with E-state index in [1.807, 2.05) is 0 Å². The van der Waals surface area contributed by atoms with Crippen LogP contribution in [-0.4, -0.2) is 0 Å². The van der Waals surface area contributed by atoms with E-state index >= 15 is 0 Å².